The summed E-state index contributed by atoms with van der Waals surface area (Å²) in [5, 5.41) is 7.29. The maximum atomic E-state index is 2.67. The summed E-state index contributed by atoms with van der Waals surface area (Å²) in [6.07, 6.45) is 17.8. The van der Waals surface area contributed by atoms with E-state index in [9.17, 15) is 0 Å². The van der Waals surface area contributed by atoms with Gasteiger partial charge in [-0.05, 0) is 294 Å². The van der Waals surface area contributed by atoms with E-state index in [2.05, 4.69) is 464 Å². The van der Waals surface area contributed by atoms with E-state index in [1.807, 2.05) is 0 Å². The second-order valence-electron chi connectivity index (χ2n) is 41.4. The van der Waals surface area contributed by atoms with Crippen molar-refractivity contribution < 1.29 is 0 Å². The number of aromatic nitrogens is 3. The Bertz CT molecular complexity index is 7810. The number of benzene rings is 17. The van der Waals surface area contributed by atoms with Gasteiger partial charge in [0.2, 0.25) is 0 Å². The zero-order valence-corrected chi connectivity index (χ0v) is 80.0. The van der Waals surface area contributed by atoms with Crippen LogP contribution in [0.25, 0.3) is 127 Å². The molecule has 0 radical (unpaired) electrons. The Morgan fingerprint density at radius 3 is 0.919 bits per heavy atom. The topological polar surface area (TPSA) is 18.0 Å². The Balaban J connectivity index is 0.755. The quantitative estimate of drug-likeness (QED) is 0.0522. The zero-order chi connectivity index (χ0) is 91.6. The fourth-order valence-corrected chi connectivity index (χ4v) is 24.5. The van der Waals surface area contributed by atoms with Gasteiger partial charge in [-0.1, -0.05) is 374 Å². The van der Waals surface area contributed by atoms with Gasteiger partial charge >= 0.3 is 0 Å². The highest BCUT2D eigenvalue weighted by Gasteiger charge is 2.50. The first-order valence-electron chi connectivity index (χ1n) is 50.1. The van der Waals surface area contributed by atoms with Crippen LogP contribution in [0, 0.1) is 13.8 Å². The smallest absolute Gasteiger partial charge is 0.0714 e. The van der Waals surface area contributed by atoms with E-state index in [4.69, 9.17) is 0 Å². The standard InChI is InChI=1S/C131H120N4/c1-11-13-15-17-19-33-79-129(80-34-20-18-16-14-12-2)115-41-27-21-35-103(115)108-73-51-90(82-120(108)129)89-52-74-122-110(81-89)112-84-94(58-76-124(112)134(122)101-67-55-92(56-68-101)128(8,9)10)131(118-44-30-24-38-106(118)107-39-25-31-45-119(107)131)96-60-78-126-114(86-96)113-85-95(59-77-125(113)135(126)102-71-69-99(70-72-102)132(97-61-47-87(3)48-62-97)98-63-49-88(4)50-64-98)130(116-42-28-22-36-104(116)105-37-23-29-43-117(105)130)93-57-75-123-111(83-93)109-40-26-32-46-121(109)133(123)100-65-53-91(54-66-100)127(5,6)7/h21-32,35-78,81-86H,11-20,33-34,79-80H2,1-10H3. The summed E-state index contributed by atoms with van der Waals surface area (Å²) in [7, 11) is 0. The van der Waals surface area contributed by atoms with Crippen LogP contribution in [-0.2, 0) is 27.1 Å². The van der Waals surface area contributed by atoms with Crippen LogP contribution in [0.5, 0.6) is 0 Å². The fraction of sp³-hybridized carbons (Fsp3) is 0.221. The molecule has 0 fully saturated rings. The van der Waals surface area contributed by atoms with Gasteiger partial charge in [0, 0.05) is 71.9 Å². The van der Waals surface area contributed by atoms with Crippen LogP contribution in [0.15, 0.2) is 376 Å². The average Bonchev–Trinajstić information content (AvgIpc) is 1.53. The van der Waals surface area contributed by atoms with Crippen molar-refractivity contribution >= 4 is 82.5 Å². The van der Waals surface area contributed by atoms with E-state index >= 15 is 0 Å². The Hall–Kier alpha value is -14.1. The van der Waals surface area contributed by atoms with Crippen molar-refractivity contribution in [2.75, 3.05) is 4.90 Å². The van der Waals surface area contributed by atoms with Gasteiger partial charge in [-0.15, -0.1) is 0 Å². The molecule has 0 saturated carbocycles. The van der Waals surface area contributed by atoms with Gasteiger partial charge in [0.15, 0.2) is 0 Å². The van der Waals surface area contributed by atoms with Crippen molar-refractivity contribution in [3.8, 4) is 61.6 Å². The molecule has 4 nitrogen and oxygen atoms in total. The fourth-order valence-electron chi connectivity index (χ4n) is 24.5. The number of unbranched alkanes of at least 4 members (excludes halogenated alkanes) is 10. The van der Waals surface area contributed by atoms with Crippen LogP contribution < -0.4 is 4.90 Å². The molecule has 20 aromatic rings. The lowest BCUT2D eigenvalue weighted by atomic mass is 9.67. The molecule has 0 saturated heterocycles. The second kappa shape index (κ2) is 33.8. The Morgan fingerprint density at radius 1 is 0.237 bits per heavy atom. The molecular formula is C131H120N4. The first kappa shape index (κ1) is 85.2. The normalized spacial score (nSPS) is 13.9. The summed E-state index contributed by atoms with van der Waals surface area (Å²) in [6, 6.07) is 147. The molecule has 23 rings (SSSR count). The van der Waals surface area contributed by atoms with Crippen molar-refractivity contribution in [3.05, 3.63) is 454 Å². The summed E-state index contributed by atoms with van der Waals surface area (Å²) >= 11 is 0. The van der Waals surface area contributed by atoms with Crippen LogP contribution in [-0.4, -0.2) is 13.7 Å². The highest BCUT2D eigenvalue weighted by atomic mass is 15.1. The van der Waals surface area contributed by atoms with Gasteiger partial charge in [0.1, 0.15) is 0 Å². The number of rotatable bonds is 25. The molecule has 0 spiro atoms. The molecule has 0 atom stereocenters. The maximum Gasteiger partial charge on any atom is 0.0714 e. The minimum atomic E-state index is -0.808. The van der Waals surface area contributed by atoms with Crippen molar-refractivity contribution in [2.45, 2.75) is 186 Å². The van der Waals surface area contributed by atoms with E-state index in [0.717, 1.165) is 45.2 Å². The van der Waals surface area contributed by atoms with Crippen molar-refractivity contribution in [2.24, 2.45) is 0 Å². The molecule has 4 heteroatoms. The second-order valence-corrected chi connectivity index (χ2v) is 41.4. The molecule has 664 valence electrons. The van der Waals surface area contributed by atoms with Crippen molar-refractivity contribution in [3.63, 3.8) is 0 Å². The predicted molar refractivity (Wildman–Crippen MR) is 573 cm³/mol. The first-order chi connectivity index (χ1) is 65.9. The molecule has 3 heterocycles. The SMILES string of the molecule is CCCCCCCCC1(CCCCCCCC)c2ccccc2-c2ccc(-c3ccc4c(c3)c3cc(C5(c6ccc7c(c6)c6cc(C8(c9ccc%10c(c9)c9ccccc9n%10-c9ccc(C(C)(C)C)cc9)c9ccccc9-c9ccccc98)ccc6n7-c6ccc(N(c7ccc(C)cc7)c7ccc(C)cc7)cc6)c6ccccc6-c6ccccc65)ccc3n4-c3ccc(C(C)(C)C)cc3)cc21. The van der Waals surface area contributed by atoms with E-state index in [1.165, 1.54) is 261 Å². The van der Waals surface area contributed by atoms with Crippen LogP contribution >= 0.6 is 0 Å². The monoisotopic (exact) mass is 1750 g/mol. The van der Waals surface area contributed by atoms with Crippen molar-refractivity contribution in [1.82, 2.24) is 13.7 Å². The lowest BCUT2D eigenvalue weighted by Crippen LogP contribution is -2.28. The summed E-state index contributed by atoms with van der Waals surface area (Å²) in [4.78, 5) is 2.39. The summed E-state index contributed by atoms with van der Waals surface area (Å²) in [5.41, 5.74) is 40.7. The highest BCUT2D eigenvalue weighted by Crippen LogP contribution is 2.62. The third-order valence-electron chi connectivity index (χ3n) is 31.3. The van der Waals surface area contributed by atoms with Gasteiger partial charge in [-0.3, -0.25) is 0 Å². The number of anilines is 3. The lowest BCUT2D eigenvalue weighted by molar-refractivity contribution is 0.398. The van der Waals surface area contributed by atoms with Gasteiger partial charge in [0.05, 0.1) is 43.9 Å². The number of aryl methyl sites for hydroxylation is 2. The van der Waals surface area contributed by atoms with Gasteiger partial charge in [-0.25, -0.2) is 0 Å². The van der Waals surface area contributed by atoms with E-state index in [-0.39, 0.29) is 16.2 Å². The number of fused-ring (bicyclic) bond motifs is 18. The maximum absolute atomic E-state index is 2.67. The molecule has 0 bridgehead atoms. The minimum absolute atomic E-state index is 0.0147. The van der Waals surface area contributed by atoms with E-state index < -0.39 is 10.8 Å². The summed E-state index contributed by atoms with van der Waals surface area (Å²) in [5.74, 6) is 0. The Morgan fingerprint density at radius 2 is 0.526 bits per heavy atom. The molecular weight excluding hydrogens is 1630 g/mol. The molecule has 0 unspecified atom stereocenters. The minimum Gasteiger partial charge on any atom is -0.311 e. The van der Waals surface area contributed by atoms with Crippen LogP contribution in [0.4, 0.5) is 17.1 Å². The highest BCUT2D eigenvalue weighted by molar-refractivity contribution is 6.14. The molecule has 0 amide bonds. The molecule has 3 aliphatic rings. The zero-order valence-electron chi connectivity index (χ0n) is 80.0. The average molecular weight is 1750 g/mol. The Labute approximate surface area is 797 Å². The molecule has 3 aliphatic carbocycles. The summed E-state index contributed by atoms with van der Waals surface area (Å²) in [6.45, 7) is 22.9. The van der Waals surface area contributed by atoms with Crippen LogP contribution in [0.2, 0.25) is 0 Å². The third-order valence-corrected chi connectivity index (χ3v) is 31.3. The predicted octanol–water partition coefficient (Wildman–Crippen LogP) is 35.8. The molecule has 135 heavy (non-hydrogen) atoms. The summed E-state index contributed by atoms with van der Waals surface area (Å²) < 4.78 is 7.60. The Kier molecular flexibility index (Phi) is 21.3. The first-order valence-corrected chi connectivity index (χ1v) is 50.1. The van der Waals surface area contributed by atoms with Crippen LogP contribution in [0.1, 0.15) is 223 Å². The van der Waals surface area contributed by atoms with Gasteiger partial charge in [-0.2, -0.15) is 0 Å². The number of hydrogen-bond acceptors (Lipinski definition) is 1. The lowest BCUT2D eigenvalue weighted by Gasteiger charge is -2.34. The molecule has 0 aliphatic heterocycles. The van der Waals surface area contributed by atoms with E-state index in [0.29, 0.717) is 0 Å². The largest absolute Gasteiger partial charge is 0.311 e. The van der Waals surface area contributed by atoms with Gasteiger partial charge < -0.3 is 18.6 Å². The molecule has 0 N–H and O–H groups in total. The van der Waals surface area contributed by atoms with Crippen molar-refractivity contribution in [1.29, 1.82) is 0 Å². The van der Waals surface area contributed by atoms with Gasteiger partial charge in [0.25, 0.3) is 0 Å². The number of hydrogen-bond donors (Lipinski definition) is 0. The number of para-hydroxylation sites is 1. The van der Waals surface area contributed by atoms with E-state index in [1.54, 1.807) is 5.56 Å². The molecule has 17 aromatic carbocycles. The van der Waals surface area contributed by atoms with Crippen LogP contribution in [0.3, 0.4) is 0 Å². The molecule has 3 aromatic heterocycles. The number of nitrogens with zero attached hydrogens (tertiary/aromatic N) is 4. The third kappa shape index (κ3) is 13.9.